The molecule has 2 N–H and O–H groups in total. The number of aromatic nitrogens is 2. The Labute approximate surface area is 78.1 Å². The van der Waals surface area contributed by atoms with Crippen molar-refractivity contribution in [1.29, 1.82) is 0 Å². The number of hydrogen-bond donors (Lipinski definition) is 1. The van der Waals surface area contributed by atoms with E-state index in [1.54, 1.807) is 10.9 Å². The molecular formula is C7H14ClN3O. The van der Waals surface area contributed by atoms with Gasteiger partial charge in [0.25, 0.3) is 0 Å². The third-order valence-corrected chi connectivity index (χ3v) is 1.28. The van der Waals surface area contributed by atoms with Gasteiger partial charge in [0, 0.05) is 6.54 Å². The maximum absolute atomic E-state index is 5.34. The van der Waals surface area contributed by atoms with Crippen LogP contribution >= 0.6 is 12.4 Å². The lowest BCUT2D eigenvalue weighted by molar-refractivity contribution is 0.339. The molecule has 0 atom stereocenters. The molecule has 0 radical (unpaired) electrons. The van der Waals surface area contributed by atoms with Gasteiger partial charge in [-0.1, -0.05) is 0 Å². The van der Waals surface area contributed by atoms with Crippen LogP contribution in [0.15, 0.2) is 12.4 Å². The van der Waals surface area contributed by atoms with Crippen LogP contribution in [0.2, 0.25) is 0 Å². The first kappa shape index (κ1) is 11.3. The van der Waals surface area contributed by atoms with Crippen molar-refractivity contribution in [3.63, 3.8) is 0 Å². The third-order valence-electron chi connectivity index (χ3n) is 1.28. The molecule has 0 amide bonds. The number of ether oxygens (including phenoxy) is 1. The maximum atomic E-state index is 5.34. The normalized spacial score (nSPS) is 9.17. The molecule has 0 aromatic carbocycles. The second-order valence-corrected chi connectivity index (χ2v) is 2.16. The standard InChI is InChI=1S/C7H13N3O.ClH/c1-2-11-7-5-9-10(6-7)4-3-8;/h5-6H,2-4,8H2,1H3;1H. The van der Waals surface area contributed by atoms with E-state index in [2.05, 4.69) is 5.10 Å². The Kier molecular flexibility index (Phi) is 5.49. The average Bonchev–Trinajstić information content (AvgIpc) is 2.38. The molecule has 0 bridgehead atoms. The predicted molar refractivity (Wildman–Crippen MR) is 49.7 cm³/mol. The molecule has 12 heavy (non-hydrogen) atoms. The second-order valence-electron chi connectivity index (χ2n) is 2.16. The topological polar surface area (TPSA) is 53.1 Å². The zero-order valence-electron chi connectivity index (χ0n) is 7.06. The fourth-order valence-electron chi connectivity index (χ4n) is 0.840. The number of nitrogens with two attached hydrogens (primary N) is 1. The van der Waals surface area contributed by atoms with Gasteiger partial charge >= 0.3 is 0 Å². The van der Waals surface area contributed by atoms with Gasteiger partial charge in [-0.25, -0.2) is 0 Å². The highest BCUT2D eigenvalue weighted by molar-refractivity contribution is 5.85. The molecule has 0 aliphatic heterocycles. The maximum Gasteiger partial charge on any atom is 0.157 e. The van der Waals surface area contributed by atoms with Crippen molar-refractivity contribution in [3.8, 4) is 5.75 Å². The highest BCUT2D eigenvalue weighted by Gasteiger charge is 1.95. The minimum atomic E-state index is 0. The molecule has 0 aliphatic carbocycles. The number of nitrogens with zero attached hydrogens (tertiary/aromatic N) is 2. The van der Waals surface area contributed by atoms with E-state index >= 15 is 0 Å². The molecule has 0 unspecified atom stereocenters. The lowest BCUT2D eigenvalue weighted by Gasteiger charge is -1.96. The van der Waals surface area contributed by atoms with Gasteiger partial charge in [-0.3, -0.25) is 4.68 Å². The van der Waals surface area contributed by atoms with Crippen LogP contribution in [-0.4, -0.2) is 22.9 Å². The Morgan fingerprint density at radius 3 is 3.00 bits per heavy atom. The molecule has 1 aromatic rings. The Morgan fingerprint density at radius 2 is 2.42 bits per heavy atom. The molecule has 0 fully saturated rings. The van der Waals surface area contributed by atoms with E-state index in [9.17, 15) is 0 Å². The van der Waals surface area contributed by atoms with Crippen molar-refractivity contribution in [2.24, 2.45) is 5.73 Å². The summed E-state index contributed by atoms with van der Waals surface area (Å²) in [4.78, 5) is 0. The Hall–Kier alpha value is -0.740. The van der Waals surface area contributed by atoms with Crippen LogP contribution in [0.1, 0.15) is 6.92 Å². The largest absolute Gasteiger partial charge is 0.491 e. The summed E-state index contributed by atoms with van der Waals surface area (Å²) in [5.41, 5.74) is 5.34. The number of halogens is 1. The molecule has 0 spiro atoms. The van der Waals surface area contributed by atoms with Gasteiger partial charge in [0.15, 0.2) is 5.75 Å². The van der Waals surface area contributed by atoms with Crippen LogP contribution in [0.5, 0.6) is 5.75 Å². The van der Waals surface area contributed by atoms with Crippen LogP contribution in [0.4, 0.5) is 0 Å². The number of hydrogen-bond acceptors (Lipinski definition) is 3. The molecule has 1 aromatic heterocycles. The van der Waals surface area contributed by atoms with Crippen molar-refractivity contribution >= 4 is 12.4 Å². The van der Waals surface area contributed by atoms with Crippen molar-refractivity contribution in [2.75, 3.05) is 13.2 Å². The van der Waals surface area contributed by atoms with Crippen LogP contribution in [0, 0.1) is 0 Å². The first-order valence-electron chi connectivity index (χ1n) is 3.72. The van der Waals surface area contributed by atoms with Crippen molar-refractivity contribution in [3.05, 3.63) is 12.4 Å². The van der Waals surface area contributed by atoms with Gasteiger partial charge < -0.3 is 10.5 Å². The van der Waals surface area contributed by atoms with Crippen LogP contribution in [-0.2, 0) is 6.54 Å². The summed E-state index contributed by atoms with van der Waals surface area (Å²) in [6.45, 7) is 3.97. The van der Waals surface area contributed by atoms with E-state index in [4.69, 9.17) is 10.5 Å². The van der Waals surface area contributed by atoms with Gasteiger partial charge in [0.1, 0.15) is 0 Å². The minimum absolute atomic E-state index is 0. The Bertz CT molecular complexity index is 194. The van der Waals surface area contributed by atoms with Crippen LogP contribution < -0.4 is 10.5 Å². The Balaban J connectivity index is 0.00000121. The van der Waals surface area contributed by atoms with Gasteiger partial charge in [-0.05, 0) is 6.92 Å². The summed E-state index contributed by atoms with van der Waals surface area (Å²) in [6.07, 6.45) is 3.54. The van der Waals surface area contributed by atoms with Crippen molar-refractivity contribution in [1.82, 2.24) is 9.78 Å². The van der Waals surface area contributed by atoms with Gasteiger partial charge in [0.2, 0.25) is 0 Å². The lowest BCUT2D eigenvalue weighted by Crippen LogP contribution is -2.09. The minimum Gasteiger partial charge on any atom is -0.491 e. The first-order valence-corrected chi connectivity index (χ1v) is 3.72. The first-order chi connectivity index (χ1) is 5.36. The quantitative estimate of drug-likeness (QED) is 0.761. The molecule has 1 rings (SSSR count). The monoisotopic (exact) mass is 191 g/mol. The molecule has 0 saturated carbocycles. The van der Waals surface area contributed by atoms with E-state index < -0.39 is 0 Å². The molecule has 70 valence electrons. The molecule has 5 heteroatoms. The number of rotatable bonds is 4. The summed E-state index contributed by atoms with van der Waals surface area (Å²) < 4.78 is 6.98. The second kappa shape index (κ2) is 5.85. The molecule has 4 nitrogen and oxygen atoms in total. The van der Waals surface area contributed by atoms with Crippen LogP contribution in [0.3, 0.4) is 0 Å². The molecular weight excluding hydrogens is 178 g/mol. The zero-order valence-corrected chi connectivity index (χ0v) is 7.88. The zero-order chi connectivity index (χ0) is 8.10. The molecule has 1 heterocycles. The third kappa shape index (κ3) is 3.11. The van der Waals surface area contributed by atoms with E-state index in [-0.39, 0.29) is 12.4 Å². The van der Waals surface area contributed by atoms with E-state index in [0.29, 0.717) is 13.2 Å². The fourth-order valence-corrected chi connectivity index (χ4v) is 0.840. The summed E-state index contributed by atoms with van der Waals surface area (Å²) >= 11 is 0. The predicted octanol–water partition coefficient (Wildman–Crippen LogP) is 0.662. The SMILES string of the molecule is CCOc1cnn(CCN)c1.Cl. The molecule has 0 saturated heterocycles. The smallest absolute Gasteiger partial charge is 0.157 e. The average molecular weight is 192 g/mol. The highest BCUT2D eigenvalue weighted by Crippen LogP contribution is 2.06. The summed E-state index contributed by atoms with van der Waals surface area (Å²) in [5.74, 6) is 0.806. The van der Waals surface area contributed by atoms with Gasteiger partial charge in [-0.15, -0.1) is 12.4 Å². The Morgan fingerprint density at radius 1 is 1.67 bits per heavy atom. The van der Waals surface area contributed by atoms with E-state index in [1.807, 2.05) is 13.1 Å². The summed E-state index contributed by atoms with van der Waals surface area (Å²) in [6, 6.07) is 0. The van der Waals surface area contributed by atoms with Gasteiger partial charge in [0.05, 0.1) is 25.5 Å². The van der Waals surface area contributed by atoms with Crippen LogP contribution in [0.25, 0.3) is 0 Å². The molecule has 0 aliphatic rings. The van der Waals surface area contributed by atoms with E-state index in [0.717, 1.165) is 12.3 Å². The van der Waals surface area contributed by atoms with Crippen molar-refractivity contribution < 1.29 is 4.74 Å². The van der Waals surface area contributed by atoms with E-state index in [1.165, 1.54) is 0 Å². The summed E-state index contributed by atoms with van der Waals surface area (Å²) in [5, 5.41) is 4.04. The lowest BCUT2D eigenvalue weighted by atomic mass is 10.6. The fraction of sp³-hybridized carbons (Fsp3) is 0.571. The van der Waals surface area contributed by atoms with Crippen molar-refractivity contribution in [2.45, 2.75) is 13.5 Å². The summed E-state index contributed by atoms with van der Waals surface area (Å²) in [7, 11) is 0. The van der Waals surface area contributed by atoms with Gasteiger partial charge in [-0.2, -0.15) is 5.10 Å². The highest BCUT2D eigenvalue weighted by atomic mass is 35.5.